The van der Waals surface area contributed by atoms with Gasteiger partial charge in [-0.2, -0.15) is 13.1 Å². The number of aliphatic hydroxyl groups is 1. The molecule has 3 N–H and O–H groups in total. The van der Waals surface area contributed by atoms with Crippen LogP contribution in [0, 0.1) is 0 Å². The van der Waals surface area contributed by atoms with Gasteiger partial charge in [0.05, 0.1) is 13.2 Å². The number of aliphatic hydroxyl groups excluding tert-OH is 1. The van der Waals surface area contributed by atoms with E-state index in [0.29, 0.717) is 12.8 Å². The minimum atomic E-state index is -3.96. The summed E-state index contributed by atoms with van der Waals surface area (Å²) in [6, 6.07) is -0.545. The molecule has 0 aromatic carbocycles. The van der Waals surface area contributed by atoms with Gasteiger partial charge in [-0.15, -0.1) is 0 Å². The van der Waals surface area contributed by atoms with Gasteiger partial charge < -0.3 is 9.84 Å². The van der Waals surface area contributed by atoms with Crippen molar-refractivity contribution < 1.29 is 23.1 Å². The number of ether oxygens (including phenoxy) is 1. The molecular weight excluding hydrogens is 236 g/mol. The minimum Gasteiger partial charge on any atom is -0.452 e. The summed E-state index contributed by atoms with van der Waals surface area (Å²) in [5.41, 5.74) is 0. The SMILES string of the molecule is COC(=O)NS(=O)(=O)N[C@@H]1CCCC[C@H]1O. The Hall–Kier alpha value is -0.860. The predicted molar refractivity (Wildman–Crippen MR) is 55.9 cm³/mol. The molecule has 0 spiro atoms. The smallest absolute Gasteiger partial charge is 0.421 e. The molecule has 94 valence electrons. The maximum absolute atomic E-state index is 11.4. The molecule has 0 unspecified atom stereocenters. The Balaban J connectivity index is 2.54. The van der Waals surface area contributed by atoms with Gasteiger partial charge in [0, 0.05) is 6.04 Å². The van der Waals surface area contributed by atoms with Crippen LogP contribution in [0.3, 0.4) is 0 Å². The highest BCUT2D eigenvalue weighted by Gasteiger charge is 2.28. The van der Waals surface area contributed by atoms with Crippen LogP contribution >= 0.6 is 0 Å². The van der Waals surface area contributed by atoms with Crippen LogP contribution in [-0.2, 0) is 14.9 Å². The van der Waals surface area contributed by atoms with Gasteiger partial charge in [-0.25, -0.2) is 9.52 Å². The average molecular weight is 252 g/mol. The molecule has 0 aromatic rings. The Labute approximate surface area is 94.4 Å². The van der Waals surface area contributed by atoms with Crippen LogP contribution in [0.1, 0.15) is 25.7 Å². The topological polar surface area (TPSA) is 105 Å². The van der Waals surface area contributed by atoms with Gasteiger partial charge in [-0.1, -0.05) is 12.8 Å². The van der Waals surface area contributed by atoms with E-state index in [1.807, 2.05) is 0 Å². The Bertz CT molecular complexity index is 342. The first-order valence-corrected chi connectivity index (χ1v) is 6.49. The number of rotatable bonds is 3. The number of amides is 1. The minimum absolute atomic E-state index is 0.545. The predicted octanol–water partition coefficient (Wildman–Crippen LogP) is -0.520. The van der Waals surface area contributed by atoms with Crippen molar-refractivity contribution >= 4 is 16.3 Å². The van der Waals surface area contributed by atoms with Crippen molar-refractivity contribution in [3.8, 4) is 0 Å². The second-order valence-electron chi connectivity index (χ2n) is 3.67. The van der Waals surface area contributed by atoms with E-state index in [-0.39, 0.29) is 0 Å². The van der Waals surface area contributed by atoms with Gasteiger partial charge in [-0.05, 0) is 12.8 Å². The number of carbonyl (C=O) groups excluding carboxylic acids is 1. The van der Waals surface area contributed by atoms with E-state index in [1.165, 1.54) is 0 Å². The van der Waals surface area contributed by atoms with Gasteiger partial charge >= 0.3 is 16.3 Å². The molecule has 1 aliphatic rings. The van der Waals surface area contributed by atoms with Crippen LogP contribution in [0.4, 0.5) is 4.79 Å². The van der Waals surface area contributed by atoms with Gasteiger partial charge in [0.1, 0.15) is 0 Å². The Morgan fingerprint density at radius 3 is 2.56 bits per heavy atom. The Morgan fingerprint density at radius 1 is 1.38 bits per heavy atom. The quantitative estimate of drug-likeness (QED) is 0.627. The highest BCUT2D eigenvalue weighted by Crippen LogP contribution is 2.18. The van der Waals surface area contributed by atoms with E-state index >= 15 is 0 Å². The second kappa shape index (κ2) is 5.46. The zero-order valence-electron chi connectivity index (χ0n) is 8.97. The first kappa shape index (κ1) is 13.2. The Kier molecular flexibility index (Phi) is 4.51. The number of nitrogens with one attached hydrogen (secondary N) is 2. The first-order valence-electron chi connectivity index (χ1n) is 5.00. The largest absolute Gasteiger partial charge is 0.452 e. The molecule has 0 saturated heterocycles. The monoisotopic (exact) mass is 252 g/mol. The highest BCUT2D eigenvalue weighted by molar-refractivity contribution is 7.88. The number of hydrogen-bond donors (Lipinski definition) is 3. The van der Waals surface area contributed by atoms with E-state index in [4.69, 9.17) is 0 Å². The first-order chi connectivity index (χ1) is 7.44. The van der Waals surface area contributed by atoms with Crippen molar-refractivity contribution in [1.82, 2.24) is 9.44 Å². The molecule has 0 bridgehead atoms. The fourth-order valence-electron chi connectivity index (χ4n) is 1.63. The fraction of sp³-hybridized carbons (Fsp3) is 0.875. The summed E-state index contributed by atoms with van der Waals surface area (Å²) in [5, 5.41) is 9.55. The normalized spacial score (nSPS) is 26.1. The third-order valence-corrected chi connectivity index (χ3v) is 3.49. The summed E-state index contributed by atoms with van der Waals surface area (Å²) < 4.78 is 30.8. The lowest BCUT2D eigenvalue weighted by molar-refractivity contribution is 0.101. The standard InChI is InChI=1S/C8H16N2O5S/c1-15-8(12)10-16(13,14)9-6-4-2-3-5-7(6)11/h6-7,9,11H,2-5H2,1H3,(H,10,12)/t6-,7-/m1/s1. The van der Waals surface area contributed by atoms with Crippen LogP contribution in [0.15, 0.2) is 0 Å². The third-order valence-electron chi connectivity index (χ3n) is 2.44. The number of hydrogen-bond acceptors (Lipinski definition) is 5. The average Bonchev–Trinajstić information content (AvgIpc) is 2.20. The highest BCUT2D eigenvalue weighted by atomic mass is 32.2. The molecule has 1 rings (SSSR count). The lowest BCUT2D eigenvalue weighted by atomic mass is 9.93. The van der Waals surface area contributed by atoms with Crippen molar-refractivity contribution in [3.63, 3.8) is 0 Å². The van der Waals surface area contributed by atoms with Gasteiger partial charge in [-0.3, -0.25) is 0 Å². The van der Waals surface area contributed by atoms with Crippen molar-refractivity contribution in [2.75, 3.05) is 7.11 Å². The molecule has 0 aliphatic heterocycles. The van der Waals surface area contributed by atoms with Crippen molar-refractivity contribution in [2.45, 2.75) is 37.8 Å². The van der Waals surface area contributed by atoms with E-state index in [2.05, 4.69) is 9.46 Å². The lowest BCUT2D eigenvalue weighted by Crippen LogP contribution is -2.50. The fourth-order valence-corrected chi connectivity index (χ4v) is 2.66. The Morgan fingerprint density at radius 2 is 2.00 bits per heavy atom. The summed E-state index contributed by atoms with van der Waals surface area (Å²) in [5.74, 6) is 0. The van der Waals surface area contributed by atoms with E-state index < -0.39 is 28.4 Å². The van der Waals surface area contributed by atoms with Crippen LogP contribution < -0.4 is 9.44 Å². The molecule has 2 atom stereocenters. The molecule has 0 aromatic heterocycles. The maximum Gasteiger partial charge on any atom is 0.421 e. The summed E-state index contributed by atoms with van der Waals surface area (Å²) >= 11 is 0. The zero-order chi connectivity index (χ0) is 12.2. The van der Waals surface area contributed by atoms with Crippen molar-refractivity contribution in [3.05, 3.63) is 0 Å². The van der Waals surface area contributed by atoms with Gasteiger partial charge in [0.2, 0.25) is 0 Å². The van der Waals surface area contributed by atoms with Crippen molar-refractivity contribution in [2.24, 2.45) is 0 Å². The van der Waals surface area contributed by atoms with E-state index in [0.717, 1.165) is 20.0 Å². The molecule has 16 heavy (non-hydrogen) atoms. The van der Waals surface area contributed by atoms with Crippen LogP contribution in [0.5, 0.6) is 0 Å². The molecule has 0 heterocycles. The molecule has 7 nitrogen and oxygen atoms in total. The zero-order valence-corrected chi connectivity index (χ0v) is 9.79. The molecule has 1 saturated carbocycles. The number of methoxy groups -OCH3 is 1. The molecule has 1 aliphatic carbocycles. The molecule has 1 fully saturated rings. The van der Waals surface area contributed by atoms with Crippen LogP contribution in [0.2, 0.25) is 0 Å². The van der Waals surface area contributed by atoms with E-state index in [9.17, 15) is 18.3 Å². The molecule has 1 amide bonds. The molecular formula is C8H16N2O5S. The van der Waals surface area contributed by atoms with Gasteiger partial charge in [0.25, 0.3) is 0 Å². The maximum atomic E-state index is 11.4. The summed E-state index contributed by atoms with van der Waals surface area (Å²) in [6.45, 7) is 0. The molecule has 0 radical (unpaired) electrons. The summed E-state index contributed by atoms with van der Waals surface area (Å²) in [4.78, 5) is 10.7. The third kappa shape index (κ3) is 3.95. The van der Waals surface area contributed by atoms with E-state index in [1.54, 1.807) is 4.72 Å². The van der Waals surface area contributed by atoms with Crippen LogP contribution in [0.25, 0.3) is 0 Å². The summed E-state index contributed by atoms with van der Waals surface area (Å²) in [7, 11) is -2.89. The number of carbonyl (C=O) groups is 1. The summed E-state index contributed by atoms with van der Waals surface area (Å²) in [6.07, 6.45) is 1.08. The molecule has 8 heteroatoms. The lowest BCUT2D eigenvalue weighted by Gasteiger charge is -2.27. The van der Waals surface area contributed by atoms with Gasteiger partial charge in [0.15, 0.2) is 0 Å². The van der Waals surface area contributed by atoms with Crippen LogP contribution in [-0.4, -0.2) is 38.9 Å². The second-order valence-corrected chi connectivity index (χ2v) is 5.12. The van der Waals surface area contributed by atoms with Crippen molar-refractivity contribution in [1.29, 1.82) is 0 Å².